The Labute approximate surface area is 101 Å². The summed E-state index contributed by atoms with van der Waals surface area (Å²) in [6.07, 6.45) is 1.08. The zero-order valence-corrected chi connectivity index (χ0v) is 9.48. The maximum Gasteiger partial charge on any atom is -0.00132 e. The van der Waals surface area contributed by atoms with Gasteiger partial charge in [0.2, 0.25) is 0 Å². The highest BCUT2D eigenvalue weighted by atomic mass is 14.2. The van der Waals surface area contributed by atoms with Gasteiger partial charge in [0, 0.05) is 0 Å². The summed E-state index contributed by atoms with van der Waals surface area (Å²) >= 11 is 0. The Morgan fingerprint density at radius 1 is 0.647 bits per heavy atom. The van der Waals surface area contributed by atoms with E-state index in [1.807, 2.05) is 0 Å². The molecular weight excluding hydrogens is 204 g/mol. The van der Waals surface area contributed by atoms with E-state index < -0.39 is 0 Å². The predicted molar refractivity (Wildman–Crippen MR) is 72.2 cm³/mol. The monoisotopic (exact) mass is 216 g/mol. The number of hydrogen-bond acceptors (Lipinski definition) is 0. The van der Waals surface area contributed by atoms with Crippen molar-refractivity contribution in [3.63, 3.8) is 0 Å². The third-order valence-corrected chi connectivity index (χ3v) is 3.68. The summed E-state index contributed by atoms with van der Waals surface area (Å²) < 4.78 is 0. The number of benzene rings is 3. The standard InChI is InChI=1S/C17H12/c1-3-7-15-12(5-1)9-10-14-11-13-6-2-4-8-16(13)17(14)15/h1-10H,11H2. The Morgan fingerprint density at radius 2 is 1.47 bits per heavy atom. The average molecular weight is 216 g/mol. The van der Waals surface area contributed by atoms with Crippen molar-refractivity contribution in [2.75, 3.05) is 0 Å². The average Bonchev–Trinajstić information content (AvgIpc) is 2.77. The van der Waals surface area contributed by atoms with Crippen molar-refractivity contribution in [3.05, 3.63) is 71.8 Å². The second-order valence-electron chi connectivity index (χ2n) is 4.65. The van der Waals surface area contributed by atoms with Crippen LogP contribution in [-0.4, -0.2) is 0 Å². The van der Waals surface area contributed by atoms with E-state index in [1.165, 1.54) is 33.0 Å². The highest BCUT2D eigenvalue weighted by molar-refractivity contribution is 6.00. The molecule has 0 nitrogen and oxygen atoms in total. The second kappa shape index (κ2) is 3.21. The lowest BCUT2D eigenvalue weighted by molar-refractivity contribution is 1.27. The van der Waals surface area contributed by atoms with Crippen LogP contribution in [-0.2, 0) is 6.42 Å². The maximum absolute atomic E-state index is 2.28. The fourth-order valence-electron chi connectivity index (χ4n) is 2.91. The van der Waals surface area contributed by atoms with Gasteiger partial charge in [-0.1, -0.05) is 60.7 Å². The summed E-state index contributed by atoms with van der Waals surface area (Å²) in [7, 11) is 0. The fraction of sp³-hybridized carbons (Fsp3) is 0.0588. The molecule has 3 aromatic rings. The van der Waals surface area contributed by atoms with Gasteiger partial charge in [-0.05, 0) is 39.4 Å². The summed E-state index contributed by atoms with van der Waals surface area (Å²) in [6.45, 7) is 0. The van der Waals surface area contributed by atoms with E-state index in [0.29, 0.717) is 0 Å². The Kier molecular flexibility index (Phi) is 1.70. The molecule has 0 amide bonds. The molecular formula is C17H12. The molecule has 3 aromatic carbocycles. The summed E-state index contributed by atoms with van der Waals surface area (Å²) in [5, 5.41) is 2.72. The highest BCUT2D eigenvalue weighted by Crippen LogP contribution is 2.40. The number of fused-ring (bicyclic) bond motifs is 5. The summed E-state index contributed by atoms with van der Waals surface area (Å²) in [4.78, 5) is 0. The second-order valence-corrected chi connectivity index (χ2v) is 4.65. The fourth-order valence-corrected chi connectivity index (χ4v) is 2.91. The Balaban J connectivity index is 2.17. The van der Waals surface area contributed by atoms with Gasteiger partial charge in [0.1, 0.15) is 0 Å². The van der Waals surface area contributed by atoms with Crippen LogP contribution in [0.2, 0.25) is 0 Å². The summed E-state index contributed by atoms with van der Waals surface area (Å²) in [5.74, 6) is 0. The Morgan fingerprint density at radius 3 is 2.47 bits per heavy atom. The normalized spacial score (nSPS) is 12.5. The van der Waals surface area contributed by atoms with Crippen LogP contribution in [0.5, 0.6) is 0 Å². The topological polar surface area (TPSA) is 0 Å². The van der Waals surface area contributed by atoms with Gasteiger partial charge in [0.05, 0.1) is 0 Å². The van der Waals surface area contributed by atoms with Crippen molar-refractivity contribution in [2.45, 2.75) is 6.42 Å². The molecule has 0 atom stereocenters. The van der Waals surface area contributed by atoms with Gasteiger partial charge < -0.3 is 0 Å². The van der Waals surface area contributed by atoms with Crippen LogP contribution in [0.1, 0.15) is 11.1 Å². The molecule has 0 radical (unpaired) electrons. The van der Waals surface area contributed by atoms with Gasteiger partial charge in [0.15, 0.2) is 0 Å². The van der Waals surface area contributed by atoms with E-state index in [9.17, 15) is 0 Å². The molecule has 1 aliphatic carbocycles. The van der Waals surface area contributed by atoms with Crippen LogP contribution in [0, 0.1) is 0 Å². The Hall–Kier alpha value is -2.08. The molecule has 0 bridgehead atoms. The lowest BCUT2D eigenvalue weighted by Gasteiger charge is -2.06. The molecule has 0 aromatic heterocycles. The SMILES string of the molecule is c1ccc2c(c1)Cc1ccc3ccccc3c1-2. The van der Waals surface area contributed by atoms with Crippen molar-refractivity contribution >= 4 is 10.8 Å². The molecule has 17 heavy (non-hydrogen) atoms. The quantitative estimate of drug-likeness (QED) is 0.408. The zero-order valence-electron chi connectivity index (χ0n) is 9.48. The number of hydrogen-bond donors (Lipinski definition) is 0. The van der Waals surface area contributed by atoms with Crippen LogP contribution >= 0.6 is 0 Å². The van der Waals surface area contributed by atoms with Crippen molar-refractivity contribution in [2.24, 2.45) is 0 Å². The molecule has 0 N–H and O–H groups in total. The first-order valence-electron chi connectivity index (χ1n) is 6.02. The highest BCUT2D eigenvalue weighted by Gasteiger charge is 2.19. The molecule has 1 aliphatic rings. The van der Waals surface area contributed by atoms with Crippen LogP contribution in [0.15, 0.2) is 60.7 Å². The third-order valence-electron chi connectivity index (χ3n) is 3.68. The van der Waals surface area contributed by atoms with E-state index in [0.717, 1.165) is 6.42 Å². The Bertz CT molecular complexity index is 723. The molecule has 0 saturated heterocycles. The third kappa shape index (κ3) is 1.18. The lowest BCUT2D eigenvalue weighted by Crippen LogP contribution is -1.81. The smallest absolute Gasteiger partial charge is 0.00132 e. The first kappa shape index (κ1) is 9.00. The molecule has 0 heterocycles. The molecule has 80 valence electrons. The molecule has 4 rings (SSSR count). The van der Waals surface area contributed by atoms with Crippen molar-refractivity contribution < 1.29 is 0 Å². The van der Waals surface area contributed by atoms with Crippen LogP contribution < -0.4 is 0 Å². The molecule has 0 saturated carbocycles. The summed E-state index contributed by atoms with van der Waals surface area (Å²) in [6, 6.07) is 21.9. The van der Waals surface area contributed by atoms with Crippen molar-refractivity contribution in [3.8, 4) is 11.1 Å². The van der Waals surface area contributed by atoms with Crippen molar-refractivity contribution in [1.29, 1.82) is 0 Å². The zero-order chi connectivity index (χ0) is 11.2. The van der Waals surface area contributed by atoms with E-state index in [2.05, 4.69) is 60.7 Å². The first-order chi connectivity index (χ1) is 8.43. The molecule has 0 unspecified atom stereocenters. The molecule has 0 heteroatoms. The van der Waals surface area contributed by atoms with Gasteiger partial charge in [-0.15, -0.1) is 0 Å². The van der Waals surface area contributed by atoms with E-state index in [4.69, 9.17) is 0 Å². The van der Waals surface area contributed by atoms with Crippen LogP contribution in [0.25, 0.3) is 21.9 Å². The van der Waals surface area contributed by atoms with E-state index in [1.54, 1.807) is 0 Å². The minimum absolute atomic E-state index is 1.08. The maximum atomic E-state index is 2.28. The van der Waals surface area contributed by atoms with Gasteiger partial charge in [0.25, 0.3) is 0 Å². The molecule has 0 fully saturated rings. The van der Waals surface area contributed by atoms with Gasteiger partial charge in [-0.3, -0.25) is 0 Å². The minimum Gasteiger partial charge on any atom is -0.0619 e. The summed E-state index contributed by atoms with van der Waals surface area (Å²) in [5.41, 5.74) is 5.78. The number of rotatable bonds is 0. The van der Waals surface area contributed by atoms with E-state index in [-0.39, 0.29) is 0 Å². The minimum atomic E-state index is 1.08. The largest absolute Gasteiger partial charge is 0.0619 e. The molecule has 0 aliphatic heterocycles. The predicted octanol–water partition coefficient (Wildman–Crippen LogP) is 4.41. The van der Waals surface area contributed by atoms with Gasteiger partial charge in [-0.25, -0.2) is 0 Å². The van der Waals surface area contributed by atoms with Gasteiger partial charge in [-0.2, -0.15) is 0 Å². The molecule has 0 spiro atoms. The first-order valence-corrected chi connectivity index (χ1v) is 6.02. The van der Waals surface area contributed by atoms with E-state index >= 15 is 0 Å². The van der Waals surface area contributed by atoms with Crippen LogP contribution in [0.3, 0.4) is 0 Å². The van der Waals surface area contributed by atoms with Crippen molar-refractivity contribution in [1.82, 2.24) is 0 Å². The van der Waals surface area contributed by atoms with Crippen LogP contribution in [0.4, 0.5) is 0 Å². The lowest BCUT2D eigenvalue weighted by atomic mass is 9.98. The van der Waals surface area contributed by atoms with Gasteiger partial charge >= 0.3 is 0 Å².